The van der Waals surface area contributed by atoms with E-state index in [0.717, 1.165) is 30.8 Å². The molecule has 3 nitrogen and oxygen atoms in total. The van der Waals surface area contributed by atoms with Crippen LogP contribution in [0.1, 0.15) is 17.0 Å². The van der Waals surface area contributed by atoms with Crippen LogP contribution in [-0.4, -0.2) is 16.1 Å². The summed E-state index contributed by atoms with van der Waals surface area (Å²) in [5, 5.41) is 0.915. The van der Waals surface area contributed by atoms with Crippen LogP contribution in [0.2, 0.25) is 0 Å². The zero-order valence-electron chi connectivity index (χ0n) is 10.4. The average molecular weight is 306 g/mol. The Morgan fingerprint density at radius 3 is 3.00 bits per heavy atom. The van der Waals surface area contributed by atoms with Gasteiger partial charge < -0.3 is 9.47 Å². The van der Waals surface area contributed by atoms with Gasteiger partial charge in [0.05, 0.1) is 6.54 Å². The van der Waals surface area contributed by atoms with Gasteiger partial charge >= 0.3 is 0 Å². The zero-order chi connectivity index (χ0) is 12.5. The van der Waals surface area contributed by atoms with Crippen molar-refractivity contribution < 1.29 is 0 Å². The summed E-state index contributed by atoms with van der Waals surface area (Å²) in [6.07, 6.45) is 3.95. The molecule has 0 saturated carbocycles. The average Bonchev–Trinajstić information content (AvgIpc) is 2.85. The maximum Gasteiger partial charge on any atom is 0.128 e. The van der Waals surface area contributed by atoms with E-state index in [1.165, 1.54) is 16.8 Å². The van der Waals surface area contributed by atoms with Crippen molar-refractivity contribution in [2.45, 2.75) is 25.3 Å². The van der Waals surface area contributed by atoms with Crippen LogP contribution < -0.4 is 4.90 Å². The van der Waals surface area contributed by atoms with Crippen molar-refractivity contribution in [1.82, 2.24) is 9.55 Å². The van der Waals surface area contributed by atoms with Crippen LogP contribution in [0, 0.1) is 6.92 Å². The molecule has 1 aromatic carbocycles. The minimum Gasteiger partial charge on any atom is -0.362 e. The number of aromatic nitrogens is 2. The first-order valence-electron chi connectivity index (χ1n) is 6.18. The monoisotopic (exact) mass is 305 g/mol. The molecule has 0 fully saturated rings. The number of imidazole rings is 1. The van der Waals surface area contributed by atoms with E-state index in [4.69, 9.17) is 0 Å². The molecule has 1 aromatic heterocycles. The molecule has 1 aliphatic heterocycles. The molecular weight excluding hydrogens is 290 g/mol. The van der Waals surface area contributed by atoms with Crippen LogP contribution in [0.5, 0.6) is 0 Å². The second-order valence-corrected chi connectivity index (χ2v) is 5.27. The minimum absolute atomic E-state index is 0.904. The van der Waals surface area contributed by atoms with Crippen LogP contribution in [0.3, 0.4) is 0 Å². The lowest BCUT2D eigenvalue weighted by molar-refractivity contribution is 0.559. The molecule has 1 aliphatic rings. The molecule has 0 unspecified atom stereocenters. The SMILES string of the molecule is Cc1cc(CBr)ccc1N1CCn2ccnc2C1. The van der Waals surface area contributed by atoms with Crippen molar-refractivity contribution in [3.05, 3.63) is 47.5 Å². The third-order valence-electron chi connectivity index (χ3n) is 3.50. The van der Waals surface area contributed by atoms with Gasteiger partial charge in [0.1, 0.15) is 5.82 Å². The van der Waals surface area contributed by atoms with Gasteiger partial charge in [-0.3, -0.25) is 0 Å². The molecule has 0 N–H and O–H groups in total. The van der Waals surface area contributed by atoms with E-state index in [0.29, 0.717) is 0 Å². The van der Waals surface area contributed by atoms with Gasteiger partial charge in [0.15, 0.2) is 0 Å². The molecule has 94 valence electrons. The smallest absolute Gasteiger partial charge is 0.128 e. The number of nitrogens with zero attached hydrogens (tertiary/aromatic N) is 3. The maximum absolute atomic E-state index is 4.41. The highest BCUT2D eigenvalue weighted by molar-refractivity contribution is 9.08. The van der Waals surface area contributed by atoms with Gasteiger partial charge in [0, 0.05) is 36.5 Å². The van der Waals surface area contributed by atoms with E-state index >= 15 is 0 Å². The number of rotatable bonds is 2. The second-order valence-electron chi connectivity index (χ2n) is 4.71. The fourth-order valence-corrected chi connectivity index (χ4v) is 2.88. The molecule has 0 spiro atoms. The summed E-state index contributed by atoms with van der Waals surface area (Å²) in [7, 11) is 0. The second kappa shape index (κ2) is 4.76. The third-order valence-corrected chi connectivity index (χ3v) is 4.15. The van der Waals surface area contributed by atoms with Crippen molar-refractivity contribution in [3.8, 4) is 0 Å². The molecule has 0 bridgehead atoms. The van der Waals surface area contributed by atoms with Crippen LogP contribution in [-0.2, 0) is 18.4 Å². The molecule has 2 aromatic rings. The molecule has 18 heavy (non-hydrogen) atoms. The topological polar surface area (TPSA) is 21.1 Å². The Bertz CT molecular complexity index is 562. The van der Waals surface area contributed by atoms with Gasteiger partial charge in [-0.25, -0.2) is 4.98 Å². The predicted molar refractivity (Wildman–Crippen MR) is 77.1 cm³/mol. The van der Waals surface area contributed by atoms with Crippen molar-refractivity contribution >= 4 is 21.6 Å². The lowest BCUT2D eigenvalue weighted by atomic mass is 10.1. The molecule has 4 heteroatoms. The normalized spacial score (nSPS) is 14.7. The van der Waals surface area contributed by atoms with E-state index in [1.807, 2.05) is 6.20 Å². The van der Waals surface area contributed by atoms with E-state index in [-0.39, 0.29) is 0 Å². The number of halogens is 1. The quantitative estimate of drug-likeness (QED) is 0.795. The summed E-state index contributed by atoms with van der Waals surface area (Å²) >= 11 is 3.50. The Morgan fingerprint density at radius 1 is 1.33 bits per heavy atom. The first-order valence-corrected chi connectivity index (χ1v) is 7.30. The Morgan fingerprint density at radius 2 is 2.22 bits per heavy atom. The Hall–Kier alpha value is -1.29. The van der Waals surface area contributed by atoms with Gasteiger partial charge in [0.2, 0.25) is 0 Å². The third kappa shape index (κ3) is 2.05. The van der Waals surface area contributed by atoms with Gasteiger partial charge in [-0.1, -0.05) is 28.1 Å². The summed E-state index contributed by atoms with van der Waals surface area (Å²) in [5.74, 6) is 1.16. The minimum atomic E-state index is 0.904. The number of aryl methyl sites for hydroxylation is 1. The van der Waals surface area contributed by atoms with Crippen LogP contribution in [0.25, 0.3) is 0 Å². The number of fused-ring (bicyclic) bond motifs is 1. The summed E-state index contributed by atoms with van der Waals surface area (Å²) in [4.78, 5) is 6.82. The fraction of sp³-hybridized carbons (Fsp3) is 0.357. The van der Waals surface area contributed by atoms with Crippen LogP contribution in [0.15, 0.2) is 30.6 Å². The molecule has 0 saturated heterocycles. The van der Waals surface area contributed by atoms with Crippen molar-refractivity contribution in [1.29, 1.82) is 0 Å². The number of hydrogen-bond acceptors (Lipinski definition) is 2. The Labute approximate surface area is 116 Å². The summed E-state index contributed by atoms with van der Waals surface area (Å²) < 4.78 is 2.23. The molecule has 3 rings (SSSR count). The van der Waals surface area contributed by atoms with Crippen molar-refractivity contribution in [2.24, 2.45) is 0 Å². The standard InChI is InChI=1S/C14H16BrN3/c1-11-8-12(9-15)2-3-13(11)18-7-6-17-5-4-16-14(17)10-18/h2-5,8H,6-7,9-10H2,1H3. The lowest BCUT2D eigenvalue weighted by Crippen LogP contribution is -2.34. The molecular formula is C14H16BrN3. The van der Waals surface area contributed by atoms with Gasteiger partial charge in [-0.15, -0.1) is 0 Å². The summed E-state index contributed by atoms with van der Waals surface area (Å²) in [6, 6.07) is 6.67. The van der Waals surface area contributed by atoms with Gasteiger partial charge in [0.25, 0.3) is 0 Å². The largest absolute Gasteiger partial charge is 0.362 e. The summed E-state index contributed by atoms with van der Waals surface area (Å²) in [6.45, 7) is 5.16. The lowest BCUT2D eigenvalue weighted by Gasteiger charge is -2.31. The Balaban J connectivity index is 1.88. The van der Waals surface area contributed by atoms with E-state index in [9.17, 15) is 0 Å². The maximum atomic E-state index is 4.41. The predicted octanol–water partition coefficient (Wildman–Crippen LogP) is 3.11. The number of alkyl halides is 1. The van der Waals surface area contributed by atoms with Gasteiger partial charge in [-0.2, -0.15) is 0 Å². The zero-order valence-corrected chi connectivity index (χ0v) is 12.0. The summed E-state index contributed by atoms with van der Waals surface area (Å²) in [5.41, 5.74) is 4.00. The van der Waals surface area contributed by atoms with Crippen LogP contribution >= 0.6 is 15.9 Å². The fourth-order valence-electron chi connectivity index (χ4n) is 2.53. The molecule has 0 aliphatic carbocycles. The number of anilines is 1. The van der Waals surface area contributed by atoms with Crippen molar-refractivity contribution in [3.63, 3.8) is 0 Å². The first-order chi connectivity index (χ1) is 8.78. The van der Waals surface area contributed by atoms with Crippen molar-refractivity contribution in [2.75, 3.05) is 11.4 Å². The number of benzene rings is 1. The highest BCUT2D eigenvalue weighted by Crippen LogP contribution is 2.25. The molecule has 0 radical (unpaired) electrons. The molecule has 2 heterocycles. The van der Waals surface area contributed by atoms with E-state index in [2.05, 4.69) is 61.7 Å². The first kappa shape index (κ1) is 11.8. The van der Waals surface area contributed by atoms with Gasteiger partial charge in [-0.05, 0) is 24.1 Å². The highest BCUT2D eigenvalue weighted by atomic mass is 79.9. The Kier molecular flexibility index (Phi) is 3.12. The molecule has 0 amide bonds. The molecule has 0 atom stereocenters. The van der Waals surface area contributed by atoms with Crippen LogP contribution in [0.4, 0.5) is 5.69 Å². The number of hydrogen-bond donors (Lipinski definition) is 0. The van der Waals surface area contributed by atoms with E-state index < -0.39 is 0 Å². The highest BCUT2D eigenvalue weighted by Gasteiger charge is 2.18. The van der Waals surface area contributed by atoms with E-state index in [1.54, 1.807) is 0 Å².